The molecule has 31 heavy (non-hydrogen) atoms. The summed E-state index contributed by atoms with van der Waals surface area (Å²) in [5, 5.41) is 10.7. The molecule has 0 bridgehead atoms. The van der Waals surface area contributed by atoms with Crippen molar-refractivity contribution in [2.45, 2.75) is 38.9 Å². The first-order chi connectivity index (χ1) is 14.7. The Labute approximate surface area is 183 Å². The number of fused-ring (bicyclic) bond motifs is 1. The van der Waals surface area contributed by atoms with Crippen molar-refractivity contribution in [2.75, 3.05) is 27.6 Å². The van der Waals surface area contributed by atoms with E-state index in [1.165, 1.54) is 14.2 Å². The monoisotopic (exact) mass is 446 g/mol. The van der Waals surface area contributed by atoms with Crippen molar-refractivity contribution in [3.8, 4) is 23.4 Å². The minimum Gasteiger partial charge on any atom is -0.480 e. The Kier molecular flexibility index (Phi) is 7.19. The van der Waals surface area contributed by atoms with Gasteiger partial charge < -0.3 is 28.8 Å². The fourth-order valence-corrected chi connectivity index (χ4v) is 3.94. The molecule has 1 unspecified atom stereocenters. The second kappa shape index (κ2) is 9.67. The van der Waals surface area contributed by atoms with Gasteiger partial charge in [-0.05, 0) is 30.7 Å². The Hall–Kier alpha value is -2.62. The molecule has 0 fully saturated rings. The minimum atomic E-state index is -1.21. The van der Waals surface area contributed by atoms with Crippen LogP contribution in [0.15, 0.2) is 24.4 Å². The largest absolute Gasteiger partial charge is 0.480 e. The summed E-state index contributed by atoms with van der Waals surface area (Å²) in [5.74, 6) is 1.44. The highest BCUT2D eigenvalue weighted by molar-refractivity contribution is 6.76. The summed E-state index contributed by atoms with van der Waals surface area (Å²) >= 11 is 0. The zero-order chi connectivity index (χ0) is 22.6. The Morgan fingerprint density at radius 1 is 1.13 bits per heavy atom. The molecule has 9 heteroatoms. The van der Waals surface area contributed by atoms with Crippen LogP contribution in [0.4, 0.5) is 0 Å². The van der Waals surface area contributed by atoms with Crippen molar-refractivity contribution in [1.82, 2.24) is 9.97 Å². The molecular weight excluding hydrogens is 416 g/mol. The molecule has 1 atom stereocenters. The van der Waals surface area contributed by atoms with E-state index in [4.69, 9.17) is 23.7 Å². The van der Waals surface area contributed by atoms with Crippen LogP contribution in [0.3, 0.4) is 0 Å². The van der Waals surface area contributed by atoms with Gasteiger partial charge in [0.05, 0.1) is 19.8 Å². The third-order valence-electron chi connectivity index (χ3n) is 4.95. The maximum absolute atomic E-state index is 10.7. The van der Waals surface area contributed by atoms with Crippen molar-refractivity contribution in [1.29, 1.82) is 0 Å². The molecule has 0 aliphatic carbocycles. The number of aliphatic hydroxyl groups excluding tert-OH is 1. The maximum Gasteiger partial charge on any atom is 0.319 e. The number of aliphatic hydroxyl groups is 1. The van der Waals surface area contributed by atoms with E-state index >= 15 is 0 Å². The first-order valence-corrected chi connectivity index (χ1v) is 13.8. The van der Waals surface area contributed by atoms with Crippen LogP contribution < -0.4 is 18.9 Å². The number of methoxy groups -OCH3 is 2. The van der Waals surface area contributed by atoms with Gasteiger partial charge in [0.25, 0.3) is 0 Å². The summed E-state index contributed by atoms with van der Waals surface area (Å²) < 4.78 is 27.5. The molecular formula is C22H30N2O6Si. The Morgan fingerprint density at radius 2 is 1.90 bits per heavy atom. The molecule has 0 spiro atoms. The van der Waals surface area contributed by atoms with Crippen LogP contribution in [0.2, 0.25) is 25.7 Å². The van der Waals surface area contributed by atoms with Crippen molar-refractivity contribution in [3.05, 3.63) is 35.5 Å². The normalized spacial score (nSPS) is 15.9. The lowest BCUT2D eigenvalue weighted by Gasteiger charge is -2.27. The fraction of sp³-hybridized carbons (Fsp3) is 0.455. The first-order valence-electron chi connectivity index (χ1n) is 10.1. The maximum atomic E-state index is 10.7. The van der Waals surface area contributed by atoms with Crippen LogP contribution in [-0.4, -0.2) is 57.1 Å². The summed E-state index contributed by atoms with van der Waals surface area (Å²) in [4.78, 5) is 8.34. The standard InChI is InChI=1S/C22H30N2O6Si/c1-14-16-8-7-15(29-13-28-9-10-31(4,5)6)11-18(16)30-21(25)19(14)17-12-23-22(27-3)24-20(17)26-2/h7-8,11-12,21,25H,9-10,13H2,1-6H3. The van der Waals surface area contributed by atoms with Gasteiger partial charge in [0.1, 0.15) is 11.5 Å². The third-order valence-corrected chi connectivity index (χ3v) is 6.65. The van der Waals surface area contributed by atoms with Crippen LogP contribution in [-0.2, 0) is 4.74 Å². The Bertz CT molecular complexity index is 958. The number of allylic oxidation sites excluding steroid dienone is 1. The van der Waals surface area contributed by atoms with Crippen LogP contribution in [0.5, 0.6) is 23.4 Å². The van der Waals surface area contributed by atoms with E-state index in [0.717, 1.165) is 17.2 Å². The van der Waals surface area contributed by atoms with E-state index in [1.807, 2.05) is 19.1 Å². The molecule has 0 radical (unpaired) electrons. The highest BCUT2D eigenvalue weighted by Gasteiger charge is 2.29. The van der Waals surface area contributed by atoms with Gasteiger partial charge in [-0.15, -0.1) is 0 Å². The van der Waals surface area contributed by atoms with Crippen molar-refractivity contribution < 1.29 is 28.8 Å². The zero-order valence-corrected chi connectivity index (χ0v) is 19.9. The average molecular weight is 447 g/mol. The van der Waals surface area contributed by atoms with Crippen molar-refractivity contribution in [2.24, 2.45) is 0 Å². The topological polar surface area (TPSA) is 92.2 Å². The molecule has 168 valence electrons. The van der Waals surface area contributed by atoms with Crippen molar-refractivity contribution in [3.63, 3.8) is 0 Å². The Balaban J connectivity index is 1.79. The number of aromatic nitrogens is 2. The van der Waals surface area contributed by atoms with Crippen LogP contribution >= 0.6 is 0 Å². The second-order valence-corrected chi connectivity index (χ2v) is 14.0. The predicted octanol–water partition coefficient (Wildman–Crippen LogP) is 3.83. The van der Waals surface area contributed by atoms with Gasteiger partial charge in [0.15, 0.2) is 6.79 Å². The van der Waals surface area contributed by atoms with Crippen LogP contribution in [0, 0.1) is 0 Å². The van der Waals surface area contributed by atoms with Gasteiger partial charge in [0, 0.05) is 38.1 Å². The summed E-state index contributed by atoms with van der Waals surface area (Å²) in [5.41, 5.74) is 2.74. The number of nitrogens with zero attached hydrogens (tertiary/aromatic N) is 2. The molecule has 1 aliphatic rings. The van der Waals surface area contributed by atoms with E-state index in [-0.39, 0.29) is 12.8 Å². The molecule has 0 amide bonds. The number of hydrogen-bond acceptors (Lipinski definition) is 8. The Morgan fingerprint density at radius 3 is 2.58 bits per heavy atom. The summed E-state index contributed by atoms with van der Waals surface area (Å²) in [6, 6.07) is 6.76. The molecule has 1 aromatic carbocycles. The van der Waals surface area contributed by atoms with Gasteiger partial charge in [-0.1, -0.05) is 19.6 Å². The highest BCUT2D eigenvalue weighted by Crippen LogP contribution is 2.42. The average Bonchev–Trinajstić information content (AvgIpc) is 2.72. The lowest BCUT2D eigenvalue weighted by atomic mass is 9.93. The van der Waals surface area contributed by atoms with Gasteiger partial charge >= 0.3 is 6.01 Å². The van der Waals surface area contributed by atoms with E-state index in [9.17, 15) is 5.11 Å². The van der Waals surface area contributed by atoms with E-state index in [2.05, 4.69) is 29.6 Å². The van der Waals surface area contributed by atoms with E-state index in [1.54, 1.807) is 12.3 Å². The van der Waals surface area contributed by atoms with Crippen LogP contribution in [0.25, 0.3) is 11.1 Å². The molecule has 2 heterocycles. The van der Waals surface area contributed by atoms with Gasteiger partial charge in [0.2, 0.25) is 12.2 Å². The number of ether oxygens (including phenoxy) is 5. The third kappa shape index (κ3) is 5.55. The molecule has 8 nitrogen and oxygen atoms in total. The minimum absolute atomic E-state index is 0.173. The molecule has 0 saturated carbocycles. The SMILES string of the molecule is COc1ncc(C2=C(C)c3ccc(OCOCC[Si](C)(C)C)cc3OC2O)c(OC)n1. The first kappa shape index (κ1) is 23.0. The molecule has 1 aromatic heterocycles. The highest BCUT2D eigenvalue weighted by atomic mass is 28.3. The van der Waals surface area contributed by atoms with E-state index in [0.29, 0.717) is 35.1 Å². The number of benzene rings is 1. The van der Waals surface area contributed by atoms with Crippen LogP contribution in [0.1, 0.15) is 18.1 Å². The van der Waals surface area contributed by atoms with Gasteiger partial charge in [-0.25, -0.2) is 4.98 Å². The lowest BCUT2D eigenvalue weighted by molar-refractivity contribution is 0.0199. The quantitative estimate of drug-likeness (QED) is 0.353. The fourth-order valence-electron chi connectivity index (χ4n) is 3.18. The smallest absolute Gasteiger partial charge is 0.319 e. The molecule has 3 rings (SSSR count). The van der Waals surface area contributed by atoms with Gasteiger partial charge in [-0.3, -0.25) is 0 Å². The van der Waals surface area contributed by atoms with Crippen molar-refractivity contribution >= 4 is 19.2 Å². The molecule has 0 saturated heterocycles. The summed E-state index contributed by atoms with van der Waals surface area (Å²) in [6.45, 7) is 9.69. The second-order valence-electron chi connectivity index (χ2n) is 8.43. The predicted molar refractivity (Wildman–Crippen MR) is 120 cm³/mol. The zero-order valence-electron chi connectivity index (χ0n) is 18.9. The van der Waals surface area contributed by atoms with E-state index < -0.39 is 14.4 Å². The molecule has 2 aromatic rings. The van der Waals surface area contributed by atoms with Gasteiger partial charge in [-0.2, -0.15) is 4.98 Å². The molecule has 1 aliphatic heterocycles. The number of rotatable bonds is 9. The summed E-state index contributed by atoms with van der Waals surface area (Å²) in [7, 11) is 1.85. The number of hydrogen-bond donors (Lipinski definition) is 1. The molecule has 1 N–H and O–H groups in total. The summed E-state index contributed by atoms with van der Waals surface area (Å²) in [6.07, 6.45) is 0.345. The lowest BCUT2D eigenvalue weighted by Crippen LogP contribution is -2.23.